The van der Waals surface area contributed by atoms with Crippen molar-refractivity contribution in [3.63, 3.8) is 0 Å². The van der Waals surface area contributed by atoms with Gasteiger partial charge in [-0.3, -0.25) is 4.79 Å². The van der Waals surface area contributed by atoms with Gasteiger partial charge in [-0.2, -0.15) is 5.26 Å². The first-order valence-corrected chi connectivity index (χ1v) is 7.21. The van der Waals surface area contributed by atoms with Gasteiger partial charge in [-0.1, -0.05) is 13.3 Å². The summed E-state index contributed by atoms with van der Waals surface area (Å²) in [5, 5.41) is 20.2. The third kappa shape index (κ3) is 5.17. The van der Waals surface area contributed by atoms with Gasteiger partial charge in [0.1, 0.15) is 6.04 Å². The molecule has 0 aliphatic carbocycles. The lowest BCUT2D eigenvalue weighted by molar-refractivity contribution is -0.143. The molecule has 1 heterocycles. The molecule has 0 aromatic carbocycles. The maximum Gasteiger partial charge on any atom is 0.326 e. The van der Waals surface area contributed by atoms with Crippen molar-refractivity contribution < 1.29 is 14.7 Å². The fraction of sp³-hybridized carbons (Fsp3) is 0.786. The molecule has 0 bridgehead atoms. The Balaban J connectivity index is 2.38. The summed E-state index contributed by atoms with van der Waals surface area (Å²) >= 11 is 0. The number of likely N-dealkylation sites (tertiary alicyclic amines) is 1. The number of nitriles is 1. The summed E-state index contributed by atoms with van der Waals surface area (Å²) in [5.41, 5.74) is 0. The summed E-state index contributed by atoms with van der Waals surface area (Å²) in [6.07, 6.45) is 3.16. The van der Waals surface area contributed by atoms with Crippen LogP contribution >= 0.6 is 0 Å². The first-order valence-electron chi connectivity index (χ1n) is 7.21. The Labute approximate surface area is 119 Å². The average Bonchev–Trinajstić information content (AvgIpc) is 2.45. The summed E-state index contributed by atoms with van der Waals surface area (Å²) in [7, 11) is 0. The minimum atomic E-state index is -0.966. The van der Waals surface area contributed by atoms with Crippen molar-refractivity contribution in [3.05, 3.63) is 0 Å². The van der Waals surface area contributed by atoms with Gasteiger partial charge in [0.05, 0.1) is 6.07 Å². The summed E-state index contributed by atoms with van der Waals surface area (Å²) in [5.74, 6) is -1.22. The van der Waals surface area contributed by atoms with Crippen molar-refractivity contribution in [1.29, 1.82) is 5.26 Å². The molecule has 1 unspecified atom stereocenters. The second-order valence-electron chi connectivity index (χ2n) is 5.21. The van der Waals surface area contributed by atoms with Crippen LogP contribution in [-0.2, 0) is 9.59 Å². The molecule has 6 heteroatoms. The van der Waals surface area contributed by atoms with E-state index in [1.54, 1.807) is 0 Å². The molecule has 1 saturated heterocycles. The van der Waals surface area contributed by atoms with Crippen LogP contribution < -0.4 is 5.32 Å². The number of carboxylic acid groups (broad SMARTS) is 1. The standard InChI is InChI=1S/C14H23N3O3/c1-2-4-12(14(19)20)16-13(18)11-5-9-17(10-6-11)8-3-7-15/h11-12H,2-6,8-10H2,1H3,(H,16,18)(H,19,20). The molecule has 0 aromatic heterocycles. The number of amides is 1. The molecular weight excluding hydrogens is 258 g/mol. The van der Waals surface area contributed by atoms with E-state index >= 15 is 0 Å². The van der Waals surface area contributed by atoms with Crippen LogP contribution in [0.25, 0.3) is 0 Å². The average molecular weight is 281 g/mol. The number of carbonyl (C=O) groups is 2. The number of nitrogens with zero attached hydrogens (tertiary/aromatic N) is 2. The monoisotopic (exact) mass is 281 g/mol. The number of piperidine rings is 1. The highest BCUT2D eigenvalue weighted by Crippen LogP contribution is 2.18. The van der Waals surface area contributed by atoms with E-state index < -0.39 is 12.0 Å². The molecule has 6 nitrogen and oxygen atoms in total. The highest BCUT2D eigenvalue weighted by atomic mass is 16.4. The van der Waals surface area contributed by atoms with Crippen LogP contribution in [0.3, 0.4) is 0 Å². The van der Waals surface area contributed by atoms with Crippen molar-refractivity contribution in [2.24, 2.45) is 5.92 Å². The molecule has 0 radical (unpaired) electrons. The smallest absolute Gasteiger partial charge is 0.326 e. The molecular formula is C14H23N3O3. The van der Waals surface area contributed by atoms with Gasteiger partial charge in [-0.05, 0) is 32.4 Å². The van der Waals surface area contributed by atoms with Gasteiger partial charge < -0.3 is 15.3 Å². The summed E-state index contributed by atoms with van der Waals surface area (Å²) in [4.78, 5) is 25.3. The minimum absolute atomic E-state index is 0.105. The van der Waals surface area contributed by atoms with Crippen molar-refractivity contribution in [2.45, 2.75) is 45.1 Å². The Kier molecular flexibility index (Phi) is 7.02. The molecule has 1 aliphatic heterocycles. The van der Waals surface area contributed by atoms with Crippen molar-refractivity contribution in [2.75, 3.05) is 19.6 Å². The van der Waals surface area contributed by atoms with E-state index in [2.05, 4.69) is 16.3 Å². The predicted molar refractivity (Wildman–Crippen MR) is 73.9 cm³/mol. The Bertz CT molecular complexity index is 370. The number of hydrogen-bond acceptors (Lipinski definition) is 4. The fourth-order valence-electron chi connectivity index (χ4n) is 2.46. The van der Waals surface area contributed by atoms with E-state index in [0.29, 0.717) is 12.8 Å². The number of carboxylic acids is 1. The molecule has 0 spiro atoms. The van der Waals surface area contributed by atoms with Crippen LogP contribution in [0.15, 0.2) is 0 Å². The van der Waals surface area contributed by atoms with Gasteiger partial charge in [-0.25, -0.2) is 4.79 Å². The number of nitrogens with one attached hydrogen (secondary N) is 1. The Morgan fingerprint density at radius 1 is 1.45 bits per heavy atom. The highest BCUT2D eigenvalue weighted by molar-refractivity contribution is 5.85. The van der Waals surface area contributed by atoms with Crippen molar-refractivity contribution in [3.8, 4) is 6.07 Å². The molecule has 0 aromatic rings. The summed E-state index contributed by atoms with van der Waals surface area (Å²) in [6.45, 7) is 4.24. The molecule has 1 rings (SSSR count). The number of rotatable bonds is 7. The molecule has 1 aliphatic rings. The van der Waals surface area contributed by atoms with Gasteiger partial charge in [0, 0.05) is 18.9 Å². The highest BCUT2D eigenvalue weighted by Gasteiger charge is 2.27. The number of hydrogen-bond donors (Lipinski definition) is 2. The first kappa shape index (κ1) is 16.4. The Hall–Kier alpha value is -1.61. The van der Waals surface area contributed by atoms with Gasteiger partial charge in [0.2, 0.25) is 5.91 Å². The van der Waals surface area contributed by atoms with Crippen molar-refractivity contribution in [1.82, 2.24) is 10.2 Å². The molecule has 1 atom stereocenters. The van der Waals surface area contributed by atoms with Gasteiger partial charge in [0.25, 0.3) is 0 Å². The van der Waals surface area contributed by atoms with E-state index in [1.165, 1.54) is 0 Å². The van der Waals surface area contributed by atoms with E-state index in [-0.39, 0.29) is 11.8 Å². The van der Waals surface area contributed by atoms with Crippen molar-refractivity contribution >= 4 is 11.9 Å². The van der Waals surface area contributed by atoms with E-state index in [1.807, 2.05) is 6.92 Å². The lowest BCUT2D eigenvalue weighted by Gasteiger charge is -2.31. The second-order valence-corrected chi connectivity index (χ2v) is 5.21. The van der Waals surface area contributed by atoms with E-state index in [4.69, 9.17) is 10.4 Å². The van der Waals surface area contributed by atoms with Crippen LogP contribution in [0.5, 0.6) is 0 Å². The maximum absolute atomic E-state index is 12.1. The molecule has 2 N–H and O–H groups in total. The van der Waals surface area contributed by atoms with Crippen LogP contribution in [0, 0.1) is 17.2 Å². The molecule has 1 amide bonds. The maximum atomic E-state index is 12.1. The van der Waals surface area contributed by atoms with E-state index in [9.17, 15) is 9.59 Å². The zero-order valence-corrected chi connectivity index (χ0v) is 12.0. The Morgan fingerprint density at radius 3 is 2.60 bits per heavy atom. The van der Waals surface area contributed by atoms with Crippen LogP contribution in [0.1, 0.15) is 39.0 Å². The summed E-state index contributed by atoms with van der Waals surface area (Å²) < 4.78 is 0. The third-order valence-corrected chi connectivity index (χ3v) is 3.69. The van der Waals surface area contributed by atoms with Crippen LogP contribution in [0.2, 0.25) is 0 Å². The van der Waals surface area contributed by atoms with Crippen LogP contribution in [-0.4, -0.2) is 47.6 Å². The van der Waals surface area contributed by atoms with Gasteiger partial charge >= 0.3 is 5.97 Å². The largest absolute Gasteiger partial charge is 0.480 e. The van der Waals surface area contributed by atoms with Gasteiger partial charge in [0.15, 0.2) is 0 Å². The quantitative estimate of drug-likeness (QED) is 0.725. The molecule has 112 valence electrons. The second kappa shape index (κ2) is 8.54. The first-order chi connectivity index (χ1) is 9.58. The number of aliphatic carboxylic acids is 1. The number of carbonyl (C=O) groups excluding carboxylic acids is 1. The lowest BCUT2D eigenvalue weighted by Crippen LogP contribution is -2.46. The summed E-state index contributed by atoms with van der Waals surface area (Å²) in [6, 6.07) is 1.34. The SMILES string of the molecule is CCCC(NC(=O)C1CCN(CCC#N)CC1)C(=O)O. The fourth-order valence-corrected chi connectivity index (χ4v) is 2.46. The Morgan fingerprint density at radius 2 is 2.10 bits per heavy atom. The van der Waals surface area contributed by atoms with E-state index in [0.717, 1.165) is 38.9 Å². The lowest BCUT2D eigenvalue weighted by atomic mass is 9.95. The molecule has 0 saturated carbocycles. The normalized spacial score (nSPS) is 18.2. The molecule has 20 heavy (non-hydrogen) atoms. The molecule has 1 fully saturated rings. The topological polar surface area (TPSA) is 93.4 Å². The van der Waals surface area contributed by atoms with Crippen LogP contribution in [0.4, 0.5) is 0 Å². The van der Waals surface area contributed by atoms with Gasteiger partial charge in [-0.15, -0.1) is 0 Å². The zero-order valence-electron chi connectivity index (χ0n) is 12.0. The third-order valence-electron chi connectivity index (χ3n) is 3.69. The zero-order chi connectivity index (χ0) is 15.0. The minimum Gasteiger partial charge on any atom is -0.480 e. The predicted octanol–water partition coefficient (Wildman–Crippen LogP) is 0.982.